The molecule has 1 unspecified atom stereocenters. The van der Waals surface area contributed by atoms with Crippen LogP contribution in [0, 0.1) is 6.92 Å². The summed E-state index contributed by atoms with van der Waals surface area (Å²) in [6, 6.07) is 7.37. The number of aromatic amines is 1. The van der Waals surface area contributed by atoms with Crippen LogP contribution in [0.1, 0.15) is 31.5 Å². The van der Waals surface area contributed by atoms with Crippen LogP contribution in [0.3, 0.4) is 0 Å². The molecule has 1 heterocycles. The van der Waals surface area contributed by atoms with Crippen LogP contribution in [-0.4, -0.2) is 41.9 Å². The van der Waals surface area contributed by atoms with Crippen LogP contribution in [-0.2, 0) is 6.42 Å². The summed E-state index contributed by atoms with van der Waals surface area (Å²) < 4.78 is 5.85. The lowest BCUT2D eigenvalue weighted by atomic mass is 10.1. The summed E-state index contributed by atoms with van der Waals surface area (Å²) in [4.78, 5) is 4.60. The molecule has 1 aromatic heterocycles. The van der Waals surface area contributed by atoms with Gasteiger partial charge in [0.1, 0.15) is 11.9 Å². The maximum atomic E-state index is 5.89. The fourth-order valence-electron chi connectivity index (χ4n) is 2.46. The number of aliphatic imine (C=N–C) groups is 1. The first kappa shape index (κ1) is 20.1. The molecule has 7 heteroatoms. The van der Waals surface area contributed by atoms with E-state index in [1.165, 1.54) is 5.56 Å². The van der Waals surface area contributed by atoms with Crippen LogP contribution in [0.5, 0.6) is 5.75 Å². The lowest BCUT2D eigenvalue weighted by Crippen LogP contribution is -2.38. The molecule has 0 saturated heterocycles. The van der Waals surface area contributed by atoms with Gasteiger partial charge in [0, 0.05) is 23.8 Å². The second-order valence-corrected chi connectivity index (χ2v) is 6.59. The predicted molar refractivity (Wildman–Crippen MR) is 107 cm³/mol. The Hall–Kier alpha value is -2.21. The highest BCUT2D eigenvalue weighted by molar-refractivity contribution is 6.30. The van der Waals surface area contributed by atoms with Crippen molar-refractivity contribution in [2.24, 2.45) is 4.99 Å². The molecule has 2 rings (SSSR count). The van der Waals surface area contributed by atoms with Crippen molar-refractivity contribution >= 4 is 17.6 Å². The third-order valence-electron chi connectivity index (χ3n) is 3.85. The van der Waals surface area contributed by atoms with Gasteiger partial charge in [0.15, 0.2) is 5.96 Å². The number of guanidine groups is 1. The lowest BCUT2D eigenvalue weighted by molar-refractivity contribution is 0.230. The number of nitrogens with zero attached hydrogens (tertiary/aromatic N) is 2. The van der Waals surface area contributed by atoms with E-state index in [0.717, 1.165) is 43.3 Å². The molecule has 1 aromatic carbocycles. The number of nitrogens with one attached hydrogen (secondary N) is 3. The zero-order chi connectivity index (χ0) is 18.8. The Morgan fingerprint density at radius 3 is 2.73 bits per heavy atom. The van der Waals surface area contributed by atoms with E-state index in [1.54, 1.807) is 0 Å². The highest BCUT2D eigenvalue weighted by Crippen LogP contribution is 2.16. The molecule has 0 spiro atoms. The maximum absolute atomic E-state index is 5.89. The van der Waals surface area contributed by atoms with E-state index in [0.29, 0.717) is 11.6 Å². The molecule has 142 valence electrons. The van der Waals surface area contributed by atoms with E-state index >= 15 is 0 Å². The number of rotatable bonds is 9. The standard InChI is InChI=1S/C19H28ClN5O/c1-4-21-19(22-11-5-6-16-13-24-25-15(16)3)23-12-14(2)26-18-9-7-17(20)8-10-18/h7-10,13-14H,4-6,11-12H2,1-3H3,(H,24,25)(H2,21,22,23). The largest absolute Gasteiger partial charge is 0.489 e. The highest BCUT2D eigenvalue weighted by Gasteiger charge is 2.05. The fourth-order valence-corrected chi connectivity index (χ4v) is 2.58. The molecule has 26 heavy (non-hydrogen) atoms. The normalized spacial score (nSPS) is 12.7. The van der Waals surface area contributed by atoms with Crippen LogP contribution in [0.15, 0.2) is 35.5 Å². The molecule has 3 N–H and O–H groups in total. The van der Waals surface area contributed by atoms with Crippen molar-refractivity contribution in [1.29, 1.82) is 0 Å². The van der Waals surface area contributed by atoms with Crippen LogP contribution >= 0.6 is 11.6 Å². The van der Waals surface area contributed by atoms with Crippen LogP contribution in [0.4, 0.5) is 0 Å². The van der Waals surface area contributed by atoms with Crippen molar-refractivity contribution in [1.82, 2.24) is 20.8 Å². The van der Waals surface area contributed by atoms with Gasteiger partial charge in [0.2, 0.25) is 0 Å². The van der Waals surface area contributed by atoms with Gasteiger partial charge < -0.3 is 15.4 Å². The smallest absolute Gasteiger partial charge is 0.191 e. The molecule has 0 saturated carbocycles. The summed E-state index contributed by atoms with van der Waals surface area (Å²) in [5.74, 6) is 1.61. The van der Waals surface area contributed by atoms with E-state index in [9.17, 15) is 0 Å². The Morgan fingerprint density at radius 2 is 2.08 bits per heavy atom. The summed E-state index contributed by atoms with van der Waals surface area (Å²) in [6.45, 7) is 8.34. The number of ether oxygens (including phenoxy) is 1. The Labute approximate surface area is 160 Å². The number of H-pyrrole nitrogens is 1. The SMILES string of the molecule is CCNC(=NCC(C)Oc1ccc(Cl)cc1)NCCCc1cn[nH]c1C. The van der Waals surface area contributed by atoms with Gasteiger partial charge in [0.05, 0.1) is 12.7 Å². The molecule has 0 fully saturated rings. The number of hydrogen-bond acceptors (Lipinski definition) is 3. The molecule has 0 amide bonds. The second-order valence-electron chi connectivity index (χ2n) is 6.15. The van der Waals surface area contributed by atoms with Crippen LogP contribution in [0.2, 0.25) is 5.02 Å². The highest BCUT2D eigenvalue weighted by atomic mass is 35.5. The van der Waals surface area contributed by atoms with Gasteiger partial charge in [0.25, 0.3) is 0 Å². The molecule has 0 aliphatic heterocycles. The van der Waals surface area contributed by atoms with Gasteiger partial charge in [-0.1, -0.05) is 11.6 Å². The average Bonchev–Trinajstić information content (AvgIpc) is 3.03. The zero-order valence-electron chi connectivity index (χ0n) is 15.7. The Kier molecular flexibility index (Phi) is 8.28. The first-order valence-corrected chi connectivity index (χ1v) is 9.39. The summed E-state index contributed by atoms with van der Waals surface area (Å²) in [7, 11) is 0. The van der Waals surface area contributed by atoms with Gasteiger partial charge in [-0.05, 0) is 63.4 Å². The monoisotopic (exact) mass is 377 g/mol. The van der Waals surface area contributed by atoms with E-state index in [1.807, 2.05) is 44.3 Å². The Balaban J connectivity index is 1.75. The summed E-state index contributed by atoms with van der Waals surface area (Å²) in [5.41, 5.74) is 2.40. The van der Waals surface area contributed by atoms with Crippen molar-refractivity contribution in [3.63, 3.8) is 0 Å². The van der Waals surface area contributed by atoms with Crippen molar-refractivity contribution in [2.75, 3.05) is 19.6 Å². The zero-order valence-corrected chi connectivity index (χ0v) is 16.4. The number of hydrogen-bond donors (Lipinski definition) is 3. The van der Waals surface area contributed by atoms with E-state index in [-0.39, 0.29) is 6.10 Å². The number of aryl methyl sites for hydroxylation is 2. The fraction of sp³-hybridized carbons (Fsp3) is 0.474. The van der Waals surface area contributed by atoms with Crippen molar-refractivity contribution in [3.8, 4) is 5.75 Å². The lowest BCUT2D eigenvalue weighted by Gasteiger charge is -2.15. The third-order valence-corrected chi connectivity index (χ3v) is 4.10. The topological polar surface area (TPSA) is 74.3 Å². The van der Waals surface area contributed by atoms with Gasteiger partial charge in [-0.15, -0.1) is 0 Å². The van der Waals surface area contributed by atoms with Crippen LogP contribution < -0.4 is 15.4 Å². The molecule has 6 nitrogen and oxygen atoms in total. The summed E-state index contributed by atoms with van der Waals surface area (Å²) in [5, 5.41) is 14.3. The maximum Gasteiger partial charge on any atom is 0.191 e. The second kappa shape index (κ2) is 10.7. The van der Waals surface area contributed by atoms with Crippen molar-refractivity contribution < 1.29 is 4.74 Å². The molecule has 0 radical (unpaired) electrons. The van der Waals surface area contributed by atoms with Gasteiger partial charge in [-0.2, -0.15) is 5.10 Å². The average molecular weight is 378 g/mol. The molecular formula is C19H28ClN5O. The first-order valence-electron chi connectivity index (χ1n) is 9.01. The minimum atomic E-state index is -0.0276. The van der Waals surface area contributed by atoms with Gasteiger partial charge >= 0.3 is 0 Å². The molecule has 0 bridgehead atoms. The van der Waals surface area contributed by atoms with Gasteiger partial charge in [-0.3, -0.25) is 5.10 Å². The molecule has 0 aliphatic rings. The molecular weight excluding hydrogens is 350 g/mol. The summed E-state index contributed by atoms with van der Waals surface area (Å²) >= 11 is 5.89. The third kappa shape index (κ3) is 6.96. The van der Waals surface area contributed by atoms with E-state index in [4.69, 9.17) is 16.3 Å². The van der Waals surface area contributed by atoms with E-state index < -0.39 is 0 Å². The number of aromatic nitrogens is 2. The first-order chi connectivity index (χ1) is 12.6. The number of halogens is 1. The van der Waals surface area contributed by atoms with E-state index in [2.05, 4.69) is 32.7 Å². The summed E-state index contributed by atoms with van der Waals surface area (Å²) in [6.07, 6.45) is 3.87. The Bertz CT molecular complexity index is 683. The quantitative estimate of drug-likeness (QED) is 0.356. The molecule has 1 atom stereocenters. The predicted octanol–water partition coefficient (Wildman–Crippen LogP) is 3.33. The Morgan fingerprint density at radius 1 is 1.31 bits per heavy atom. The van der Waals surface area contributed by atoms with Crippen LogP contribution in [0.25, 0.3) is 0 Å². The van der Waals surface area contributed by atoms with Crippen molar-refractivity contribution in [3.05, 3.63) is 46.7 Å². The minimum absolute atomic E-state index is 0.0276. The molecule has 2 aromatic rings. The minimum Gasteiger partial charge on any atom is -0.489 e. The molecule has 0 aliphatic carbocycles. The van der Waals surface area contributed by atoms with Gasteiger partial charge in [-0.25, -0.2) is 4.99 Å². The van der Waals surface area contributed by atoms with Crippen molar-refractivity contribution in [2.45, 2.75) is 39.7 Å². The number of benzene rings is 1.